The van der Waals surface area contributed by atoms with Gasteiger partial charge in [-0.15, -0.1) is 0 Å². The molecule has 29 heavy (non-hydrogen) atoms. The molecule has 0 saturated carbocycles. The molecular formula is C26H21N3. The zero-order valence-electron chi connectivity index (χ0n) is 16.2. The van der Waals surface area contributed by atoms with Gasteiger partial charge in [0.1, 0.15) is 0 Å². The highest BCUT2D eigenvalue weighted by molar-refractivity contribution is 6.09. The van der Waals surface area contributed by atoms with Crippen LogP contribution in [0.25, 0.3) is 27.5 Å². The van der Waals surface area contributed by atoms with Gasteiger partial charge in [-0.25, -0.2) is 0 Å². The van der Waals surface area contributed by atoms with Gasteiger partial charge in [0.2, 0.25) is 0 Å². The highest BCUT2D eigenvalue weighted by Crippen LogP contribution is 2.33. The van der Waals surface area contributed by atoms with E-state index in [1.807, 2.05) is 31.3 Å². The fourth-order valence-corrected chi connectivity index (χ4v) is 3.91. The SMILES string of the molecule is C/C=N\c1ccccc1Nc1cccc(-n2c3ccccc3c3ccccc32)c1. The molecule has 5 aromatic rings. The summed E-state index contributed by atoms with van der Waals surface area (Å²) in [5.74, 6) is 0. The molecule has 5 rings (SSSR count). The smallest absolute Gasteiger partial charge is 0.0860 e. The van der Waals surface area contributed by atoms with Crippen molar-refractivity contribution in [1.82, 2.24) is 4.57 Å². The van der Waals surface area contributed by atoms with E-state index in [0.717, 1.165) is 22.7 Å². The number of para-hydroxylation sites is 4. The summed E-state index contributed by atoms with van der Waals surface area (Å²) >= 11 is 0. The Balaban J connectivity index is 1.64. The van der Waals surface area contributed by atoms with Gasteiger partial charge >= 0.3 is 0 Å². The van der Waals surface area contributed by atoms with Crippen LogP contribution in [-0.4, -0.2) is 10.8 Å². The molecule has 0 unspecified atom stereocenters. The molecule has 0 radical (unpaired) electrons. The topological polar surface area (TPSA) is 29.3 Å². The highest BCUT2D eigenvalue weighted by Gasteiger charge is 2.11. The standard InChI is InChI=1S/C26H21N3/c1-2-27-23-14-5-6-15-24(23)28-19-10-9-11-20(18-19)29-25-16-7-3-12-21(25)22-13-4-8-17-26(22)29/h2-18,28H,1H3/b27-2-. The minimum Gasteiger partial charge on any atom is -0.354 e. The summed E-state index contributed by atoms with van der Waals surface area (Å²) < 4.78 is 2.33. The second-order valence-corrected chi connectivity index (χ2v) is 6.95. The molecule has 0 aliphatic heterocycles. The van der Waals surface area contributed by atoms with Crippen LogP contribution in [-0.2, 0) is 0 Å². The van der Waals surface area contributed by atoms with Crippen LogP contribution in [0.3, 0.4) is 0 Å². The van der Waals surface area contributed by atoms with E-state index in [2.05, 4.69) is 93.7 Å². The highest BCUT2D eigenvalue weighted by atomic mass is 15.0. The van der Waals surface area contributed by atoms with Gasteiger partial charge in [-0.1, -0.05) is 54.6 Å². The van der Waals surface area contributed by atoms with Gasteiger partial charge < -0.3 is 9.88 Å². The second-order valence-electron chi connectivity index (χ2n) is 6.95. The Morgan fingerprint density at radius 3 is 2.10 bits per heavy atom. The Bertz CT molecular complexity index is 1290. The van der Waals surface area contributed by atoms with Gasteiger partial charge in [-0.2, -0.15) is 0 Å². The van der Waals surface area contributed by atoms with E-state index in [-0.39, 0.29) is 0 Å². The lowest BCUT2D eigenvalue weighted by Gasteiger charge is -2.12. The number of fused-ring (bicyclic) bond motifs is 3. The number of aliphatic imine (C=N–C) groups is 1. The molecule has 3 nitrogen and oxygen atoms in total. The van der Waals surface area contributed by atoms with E-state index in [4.69, 9.17) is 0 Å². The van der Waals surface area contributed by atoms with Crippen molar-refractivity contribution in [3.63, 3.8) is 0 Å². The van der Waals surface area contributed by atoms with Crippen LogP contribution in [0.5, 0.6) is 0 Å². The van der Waals surface area contributed by atoms with Crippen LogP contribution in [0.15, 0.2) is 102 Å². The van der Waals surface area contributed by atoms with Crippen molar-refractivity contribution in [3.05, 3.63) is 97.1 Å². The third kappa shape index (κ3) is 3.07. The van der Waals surface area contributed by atoms with Crippen molar-refractivity contribution in [2.75, 3.05) is 5.32 Å². The van der Waals surface area contributed by atoms with E-state index < -0.39 is 0 Å². The minimum atomic E-state index is 0.928. The van der Waals surface area contributed by atoms with Gasteiger partial charge in [0.15, 0.2) is 0 Å². The molecule has 140 valence electrons. The van der Waals surface area contributed by atoms with Crippen LogP contribution in [0.4, 0.5) is 17.1 Å². The normalized spacial score (nSPS) is 11.5. The van der Waals surface area contributed by atoms with Gasteiger partial charge in [0.05, 0.1) is 22.4 Å². The van der Waals surface area contributed by atoms with Crippen LogP contribution >= 0.6 is 0 Å². The van der Waals surface area contributed by atoms with Crippen LogP contribution in [0.1, 0.15) is 6.92 Å². The first-order valence-corrected chi connectivity index (χ1v) is 9.78. The summed E-state index contributed by atoms with van der Waals surface area (Å²) in [7, 11) is 0. The van der Waals surface area contributed by atoms with E-state index in [9.17, 15) is 0 Å². The maximum absolute atomic E-state index is 4.46. The average molecular weight is 375 g/mol. The summed E-state index contributed by atoms with van der Waals surface area (Å²) in [6.07, 6.45) is 1.81. The van der Waals surface area contributed by atoms with Crippen molar-refractivity contribution in [2.24, 2.45) is 4.99 Å². The van der Waals surface area contributed by atoms with E-state index in [0.29, 0.717) is 0 Å². The summed E-state index contributed by atoms with van der Waals surface area (Å²) in [5.41, 5.74) is 6.50. The molecule has 0 aliphatic carbocycles. The Morgan fingerprint density at radius 2 is 1.38 bits per heavy atom. The first-order valence-electron chi connectivity index (χ1n) is 9.78. The zero-order chi connectivity index (χ0) is 19.6. The number of nitrogens with one attached hydrogen (secondary N) is 1. The van der Waals surface area contributed by atoms with Crippen molar-refractivity contribution in [3.8, 4) is 5.69 Å². The number of benzene rings is 4. The minimum absolute atomic E-state index is 0.928. The Hall–Kier alpha value is -3.85. The number of anilines is 2. The van der Waals surface area contributed by atoms with Crippen molar-refractivity contribution < 1.29 is 0 Å². The summed E-state index contributed by atoms with van der Waals surface area (Å²) in [6, 6.07) is 33.7. The van der Waals surface area contributed by atoms with E-state index in [1.54, 1.807) is 0 Å². The molecule has 0 fully saturated rings. The Kier molecular flexibility index (Phi) is 4.34. The molecule has 0 amide bonds. The maximum Gasteiger partial charge on any atom is 0.0860 e. The molecule has 1 N–H and O–H groups in total. The zero-order valence-corrected chi connectivity index (χ0v) is 16.2. The van der Waals surface area contributed by atoms with Crippen molar-refractivity contribution >= 4 is 45.1 Å². The lowest BCUT2D eigenvalue weighted by Crippen LogP contribution is -1.96. The average Bonchev–Trinajstić information content (AvgIpc) is 3.10. The van der Waals surface area contributed by atoms with Crippen LogP contribution in [0.2, 0.25) is 0 Å². The van der Waals surface area contributed by atoms with Crippen molar-refractivity contribution in [2.45, 2.75) is 6.92 Å². The summed E-state index contributed by atoms with van der Waals surface area (Å²) in [4.78, 5) is 4.46. The monoisotopic (exact) mass is 375 g/mol. The lowest BCUT2D eigenvalue weighted by molar-refractivity contribution is 1.18. The quantitative estimate of drug-likeness (QED) is 0.329. The summed E-state index contributed by atoms with van der Waals surface area (Å²) in [6.45, 7) is 1.93. The molecule has 1 heterocycles. The van der Waals surface area contributed by atoms with E-state index >= 15 is 0 Å². The molecule has 0 aliphatic rings. The Morgan fingerprint density at radius 1 is 0.724 bits per heavy atom. The molecule has 0 atom stereocenters. The largest absolute Gasteiger partial charge is 0.354 e. The predicted octanol–water partition coefficient (Wildman–Crippen LogP) is 7.25. The lowest BCUT2D eigenvalue weighted by atomic mass is 10.2. The molecule has 0 saturated heterocycles. The number of hydrogen-bond acceptors (Lipinski definition) is 2. The fourth-order valence-electron chi connectivity index (χ4n) is 3.91. The predicted molar refractivity (Wildman–Crippen MR) is 124 cm³/mol. The molecule has 0 spiro atoms. The number of nitrogens with zero attached hydrogens (tertiary/aromatic N) is 2. The molecule has 3 heteroatoms. The van der Waals surface area contributed by atoms with Gasteiger partial charge in [0.25, 0.3) is 0 Å². The second kappa shape index (κ2) is 7.28. The maximum atomic E-state index is 4.46. The Labute approximate surface area is 170 Å². The third-order valence-electron chi connectivity index (χ3n) is 5.14. The first kappa shape index (κ1) is 17.3. The molecule has 1 aromatic heterocycles. The van der Waals surface area contributed by atoms with Crippen LogP contribution < -0.4 is 5.32 Å². The molecular weight excluding hydrogens is 354 g/mol. The third-order valence-corrected chi connectivity index (χ3v) is 5.14. The molecule has 0 bridgehead atoms. The fraction of sp³-hybridized carbons (Fsp3) is 0.0385. The molecule has 4 aromatic carbocycles. The van der Waals surface area contributed by atoms with Crippen LogP contribution in [0, 0.1) is 0 Å². The van der Waals surface area contributed by atoms with Gasteiger partial charge in [-0.05, 0) is 49.4 Å². The number of hydrogen-bond donors (Lipinski definition) is 1. The van der Waals surface area contributed by atoms with E-state index in [1.165, 1.54) is 21.8 Å². The first-order chi connectivity index (χ1) is 14.3. The number of aromatic nitrogens is 1. The summed E-state index contributed by atoms with van der Waals surface area (Å²) in [5, 5.41) is 6.06. The van der Waals surface area contributed by atoms with Gasteiger partial charge in [-0.3, -0.25) is 4.99 Å². The van der Waals surface area contributed by atoms with Crippen molar-refractivity contribution in [1.29, 1.82) is 0 Å². The number of rotatable bonds is 4. The van der Waals surface area contributed by atoms with Gasteiger partial charge in [0, 0.05) is 28.4 Å².